The summed E-state index contributed by atoms with van der Waals surface area (Å²) in [5.74, 6) is 0. The van der Waals surface area contributed by atoms with E-state index in [1.807, 2.05) is 18.3 Å². The van der Waals surface area contributed by atoms with Gasteiger partial charge in [-0.2, -0.15) is 0 Å². The van der Waals surface area contributed by atoms with E-state index >= 15 is 0 Å². The van der Waals surface area contributed by atoms with Crippen LogP contribution in [0.3, 0.4) is 0 Å². The van der Waals surface area contributed by atoms with E-state index in [0.29, 0.717) is 0 Å². The molecule has 2 aromatic heterocycles. The molecular weight excluding hydrogens is 324 g/mol. The number of hydrogen-bond acceptors (Lipinski definition) is 0. The van der Waals surface area contributed by atoms with Crippen LogP contribution in [0.5, 0.6) is 0 Å². The fourth-order valence-electron chi connectivity index (χ4n) is 2.59. The lowest BCUT2D eigenvalue weighted by Crippen LogP contribution is -2.10. The quantitative estimate of drug-likeness (QED) is 0.501. The molecule has 0 aliphatic carbocycles. The van der Waals surface area contributed by atoms with Crippen LogP contribution in [0.4, 0.5) is 0 Å². The number of aromatic nitrogens is 2. The van der Waals surface area contributed by atoms with Crippen molar-refractivity contribution in [1.82, 2.24) is 0 Å². The average molecular weight is 337 g/mol. The molecule has 0 amide bonds. The average Bonchev–Trinajstić information content (AvgIpc) is 2.53. The van der Waals surface area contributed by atoms with Crippen molar-refractivity contribution >= 4 is 37.7 Å². The van der Waals surface area contributed by atoms with E-state index in [1.165, 1.54) is 10.8 Å². The molecule has 100 valence electrons. The second-order valence-electron chi connectivity index (χ2n) is 5.08. The lowest BCUT2D eigenvalue weighted by atomic mass is 10.1. The predicted molar refractivity (Wildman–Crippen MR) is 87.7 cm³/mol. The van der Waals surface area contributed by atoms with Crippen LogP contribution in [-0.2, 0) is 0 Å². The molecule has 0 aliphatic heterocycles. The molecule has 2 N–H and O–H groups in total. The molecule has 0 spiro atoms. The van der Waals surface area contributed by atoms with Crippen molar-refractivity contribution in [2.24, 2.45) is 0 Å². The molecule has 3 heteroatoms. The molecule has 2 aromatic carbocycles. The third-order valence-corrected chi connectivity index (χ3v) is 4.17. The summed E-state index contributed by atoms with van der Waals surface area (Å²) >= 11 is 3.52. The highest BCUT2D eigenvalue weighted by Crippen LogP contribution is 2.22. The molecule has 0 aliphatic rings. The van der Waals surface area contributed by atoms with Crippen molar-refractivity contribution in [3.8, 4) is 11.3 Å². The number of benzene rings is 2. The minimum atomic E-state index is 1.09. The Balaban J connectivity index is 1.90. The third-order valence-electron chi connectivity index (χ3n) is 3.68. The van der Waals surface area contributed by atoms with E-state index in [2.05, 4.69) is 74.4 Å². The van der Waals surface area contributed by atoms with Crippen LogP contribution >= 0.6 is 15.9 Å². The van der Waals surface area contributed by atoms with Crippen LogP contribution in [-0.4, -0.2) is 0 Å². The molecule has 0 saturated carbocycles. The maximum Gasteiger partial charge on any atom is 0.217 e. The summed E-state index contributed by atoms with van der Waals surface area (Å²) < 4.78 is 1.09. The van der Waals surface area contributed by atoms with Gasteiger partial charge >= 0.3 is 0 Å². The highest BCUT2D eigenvalue weighted by atomic mass is 79.9. The smallest absolute Gasteiger partial charge is 0.210 e. The van der Waals surface area contributed by atoms with Gasteiger partial charge in [-0.15, -0.1) is 0 Å². The first-order valence-corrected chi connectivity index (χ1v) is 7.61. The number of para-hydroxylation sites is 1. The monoisotopic (exact) mass is 336 g/mol. The summed E-state index contributed by atoms with van der Waals surface area (Å²) in [5.41, 5.74) is 4.52. The van der Waals surface area contributed by atoms with E-state index in [0.717, 1.165) is 26.8 Å². The van der Waals surface area contributed by atoms with E-state index < -0.39 is 0 Å². The van der Waals surface area contributed by atoms with Gasteiger partial charge in [0.25, 0.3) is 0 Å². The SMILES string of the molecule is Brc1ccc2[nH+]cc(-c3ccc4ccccc4[nH+]3)cc2c1. The van der Waals surface area contributed by atoms with E-state index in [-0.39, 0.29) is 0 Å². The molecule has 0 radical (unpaired) electrons. The Labute approximate surface area is 130 Å². The molecule has 0 atom stereocenters. The number of H-pyrrole nitrogens is 2. The summed E-state index contributed by atoms with van der Waals surface area (Å²) in [4.78, 5) is 6.84. The van der Waals surface area contributed by atoms with Crippen molar-refractivity contribution in [3.05, 3.63) is 71.3 Å². The summed E-state index contributed by atoms with van der Waals surface area (Å²) in [6.45, 7) is 0. The van der Waals surface area contributed by atoms with Crippen LogP contribution in [0, 0.1) is 0 Å². The van der Waals surface area contributed by atoms with Crippen LogP contribution in [0.15, 0.2) is 71.3 Å². The zero-order valence-electron chi connectivity index (χ0n) is 11.2. The Hall–Kier alpha value is -2.26. The maximum atomic E-state index is 3.52. The number of fused-ring (bicyclic) bond motifs is 2. The summed E-state index contributed by atoms with van der Waals surface area (Å²) in [6, 6.07) is 21.0. The minimum Gasteiger partial charge on any atom is -0.210 e. The zero-order chi connectivity index (χ0) is 14.2. The van der Waals surface area contributed by atoms with Crippen LogP contribution in [0.25, 0.3) is 33.1 Å². The molecule has 4 rings (SSSR count). The highest BCUT2D eigenvalue weighted by Gasteiger charge is 2.12. The lowest BCUT2D eigenvalue weighted by molar-refractivity contribution is -0.348. The third kappa shape index (κ3) is 2.30. The van der Waals surface area contributed by atoms with Gasteiger partial charge < -0.3 is 0 Å². The zero-order valence-corrected chi connectivity index (χ0v) is 12.8. The topological polar surface area (TPSA) is 28.3 Å². The van der Waals surface area contributed by atoms with Crippen molar-refractivity contribution in [3.63, 3.8) is 0 Å². The van der Waals surface area contributed by atoms with E-state index in [1.54, 1.807) is 0 Å². The summed E-state index contributed by atoms with van der Waals surface area (Å²) in [5, 5.41) is 2.40. The van der Waals surface area contributed by atoms with Gasteiger partial charge in [0, 0.05) is 33.4 Å². The van der Waals surface area contributed by atoms with Gasteiger partial charge in [-0.3, -0.25) is 0 Å². The molecule has 2 nitrogen and oxygen atoms in total. The van der Waals surface area contributed by atoms with E-state index in [9.17, 15) is 0 Å². The number of nitrogens with one attached hydrogen (secondary N) is 2. The van der Waals surface area contributed by atoms with Gasteiger partial charge in [-0.1, -0.05) is 28.1 Å². The highest BCUT2D eigenvalue weighted by molar-refractivity contribution is 9.10. The van der Waals surface area contributed by atoms with Crippen molar-refractivity contribution < 1.29 is 9.97 Å². The number of halogens is 1. The minimum absolute atomic E-state index is 1.09. The first kappa shape index (κ1) is 12.5. The normalized spacial score (nSPS) is 11.1. The van der Waals surface area contributed by atoms with Crippen molar-refractivity contribution in [1.29, 1.82) is 0 Å². The van der Waals surface area contributed by atoms with E-state index in [4.69, 9.17) is 0 Å². The summed E-state index contributed by atoms with van der Waals surface area (Å²) in [7, 11) is 0. The number of pyridine rings is 2. The fourth-order valence-corrected chi connectivity index (χ4v) is 2.97. The maximum absolute atomic E-state index is 3.52. The van der Waals surface area contributed by atoms with Gasteiger partial charge in [-0.05, 0) is 30.3 Å². The molecule has 2 heterocycles. The molecule has 0 saturated heterocycles. The molecular formula is C18H13BrN2+2. The molecule has 4 aromatic rings. The number of rotatable bonds is 1. The Morgan fingerprint density at radius 3 is 2.62 bits per heavy atom. The molecule has 0 unspecified atom stereocenters. The van der Waals surface area contributed by atoms with Crippen LogP contribution in [0.1, 0.15) is 0 Å². The predicted octanol–water partition coefficient (Wildman–Crippen LogP) is 4.05. The first-order chi connectivity index (χ1) is 10.3. The summed E-state index contributed by atoms with van der Waals surface area (Å²) in [6.07, 6.45) is 2.04. The van der Waals surface area contributed by atoms with Gasteiger partial charge in [0.15, 0.2) is 6.20 Å². The number of aromatic amines is 2. The van der Waals surface area contributed by atoms with Gasteiger partial charge in [0.2, 0.25) is 16.7 Å². The Kier molecular flexibility index (Phi) is 2.93. The molecule has 21 heavy (non-hydrogen) atoms. The number of hydrogen-bond donors (Lipinski definition) is 0. The largest absolute Gasteiger partial charge is 0.217 e. The molecule has 0 fully saturated rings. The van der Waals surface area contributed by atoms with Crippen LogP contribution in [0.2, 0.25) is 0 Å². The first-order valence-electron chi connectivity index (χ1n) is 6.82. The standard InChI is InChI=1S/C18H11BrN2/c19-15-6-8-16-13(10-15)9-14(11-20-16)18-7-5-12-3-1-2-4-17(12)21-18/h1-11H/p+2. The van der Waals surface area contributed by atoms with Gasteiger partial charge in [0.1, 0.15) is 5.56 Å². The lowest BCUT2D eigenvalue weighted by Gasteiger charge is -1.98. The van der Waals surface area contributed by atoms with Crippen molar-refractivity contribution in [2.75, 3.05) is 0 Å². The molecule has 0 bridgehead atoms. The Morgan fingerprint density at radius 2 is 1.67 bits per heavy atom. The van der Waals surface area contributed by atoms with Gasteiger partial charge in [0.05, 0.1) is 0 Å². The van der Waals surface area contributed by atoms with Gasteiger partial charge in [-0.25, -0.2) is 9.97 Å². The fraction of sp³-hybridized carbons (Fsp3) is 0. The van der Waals surface area contributed by atoms with Crippen molar-refractivity contribution in [2.45, 2.75) is 0 Å². The Morgan fingerprint density at radius 1 is 0.762 bits per heavy atom. The van der Waals surface area contributed by atoms with Crippen LogP contribution < -0.4 is 9.97 Å². The Bertz CT molecular complexity index is 963. The second-order valence-corrected chi connectivity index (χ2v) is 5.99. The second kappa shape index (κ2) is 4.93.